The molecule has 0 radical (unpaired) electrons. The molecule has 2 aromatic rings. The highest BCUT2D eigenvalue weighted by atomic mass is 16.3. The zero-order chi connectivity index (χ0) is 12.6. The second kappa shape index (κ2) is 6.35. The Morgan fingerprint density at radius 3 is 1.89 bits per heavy atom. The van der Waals surface area contributed by atoms with Crippen LogP contribution in [0.4, 0.5) is 0 Å². The first-order valence-corrected chi connectivity index (χ1v) is 5.78. The highest BCUT2D eigenvalue weighted by Gasteiger charge is 2.03. The fourth-order valence-electron chi connectivity index (χ4n) is 1.82. The molecule has 0 amide bonds. The van der Waals surface area contributed by atoms with E-state index in [4.69, 9.17) is 0 Å². The van der Waals surface area contributed by atoms with Crippen molar-refractivity contribution in [2.24, 2.45) is 5.29 Å². The highest BCUT2D eigenvalue weighted by Crippen LogP contribution is 2.22. The van der Waals surface area contributed by atoms with Crippen LogP contribution < -0.4 is 5.43 Å². The van der Waals surface area contributed by atoms with Gasteiger partial charge in [0, 0.05) is 5.29 Å². The first-order valence-electron chi connectivity index (χ1n) is 5.78. The van der Waals surface area contributed by atoms with Crippen LogP contribution in [0.2, 0.25) is 0 Å². The number of hydrogen-bond donors (Lipinski definition) is 1. The second-order valence-corrected chi connectivity index (χ2v) is 3.80. The van der Waals surface area contributed by atoms with E-state index in [0.29, 0.717) is 6.54 Å². The average molecular weight is 238 g/mol. The lowest BCUT2D eigenvalue weighted by Gasteiger charge is -2.08. The maximum Gasteiger partial charge on any atom is 0.0551 e. The molecule has 0 bridgehead atoms. The van der Waals surface area contributed by atoms with E-state index in [1.807, 2.05) is 66.7 Å². The number of nitrogens with one attached hydrogen (secondary N) is 1. The van der Waals surface area contributed by atoms with Crippen LogP contribution in [0.15, 0.2) is 72.0 Å². The van der Waals surface area contributed by atoms with Crippen molar-refractivity contribution in [2.45, 2.75) is 0 Å². The standard InChI is InChI=1S/C15H14N2O/c18-17-16-12-11-15(13-7-3-1-4-8-13)14-9-5-2-6-10-14/h1-11H,12H2,(H,16,18). The number of nitroso groups, excluding NO2 is 1. The summed E-state index contributed by atoms with van der Waals surface area (Å²) in [4.78, 5) is 10.1. The second-order valence-electron chi connectivity index (χ2n) is 3.80. The molecule has 2 aromatic carbocycles. The third-order valence-corrected chi connectivity index (χ3v) is 2.63. The lowest BCUT2D eigenvalue weighted by atomic mass is 9.98. The minimum Gasteiger partial charge on any atom is -0.270 e. The van der Waals surface area contributed by atoms with Crippen molar-refractivity contribution in [2.75, 3.05) is 6.54 Å². The summed E-state index contributed by atoms with van der Waals surface area (Å²) in [5, 5.41) is 2.65. The molecular weight excluding hydrogens is 224 g/mol. The van der Waals surface area contributed by atoms with Crippen molar-refractivity contribution in [3.8, 4) is 0 Å². The Morgan fingerprint density at radius 2 is 1.44 bits per heavy atom. The van der Waals surface area contributed by atoms with Crippen LogP contribution in [0, 0.1) is 4.91 Å². The number of hydrogen-bond acceptors (Lipinski definition) is 2. The molecule has 3 nitrogen and oxygen atoms in total. The number of benzene rings is 2. The summed E-state index contributed by atoms with van der Waals surface area (Å²) in [6.07, 6.45) is 1.96. The van der Waals surface area contributed by atoms with Gasteiger partial charge in [-0.25, -0.2) is 0 Å². The van der Waals surface area contributed by atoms with Gasteiger partial charge >= 0.3 is 0 Å². The van der Waals surface area contributed by atoms with E-state index in [2.05, 4.69) is 10.7 Å². The molecule has 0 saturated carbocycles. The monoisotopic (exact) mass is 238 g/mol. The van der Waals surface area contributed by atoms with E-state index in [0.717, 1.165) is 16.7 Å². The smallest absolute Gasteiger partial charge is 0.0551 e. The van der Waals surface area contributed by atoms with Gasteiger partial charge < -0.3 is 0 Å². The topological polar surface area (TPSA) is 41.5 Å². The maximum absolute atomic E-state index is 10.1. The van der Waals surface area contributed by atoms with E-state index < -0.39 is 0 Å². The van der Waals surface area contributed by atoms with Gasteiger partial charge in [0.2, 0.25) is 0 Å². The number of rotatable bonds is 5. The molecule has 0 spiro atoms. The molecule has 18 heavy (non-hydrogen) atoms. The normalized spacial score (nSPS) is 9.56. The van der Waals surface area contributed by atoms with E-state index >= 15 is 0 Å². The quantitative estimate of drug-likeness (QED) is 0.493. The Bertz CT molecular complexity index is 479. The van der Waals surface area contributed by atoms with Crippen molar-refractivity contribution in [3.63, 3.8) is 0 Å². The van der Waals surface area contributed by atoms with E-state index in [1.54, 1.807) is 0 Å². The maximum atomic E-state index is 10.1. The molecule has 0 fully saturated rings. The fraction of sp³-hybridized carbons (Fsp3) is 0.0667. The van der Waals surface area contributed by atoms with Crippen molar-refractivity contribution in [1.82, 2.24) is 5.43 Å². The summed E-state index contributed by atoms with van der Waals surface area (Å²) in [5.74, 6) is 0. The van der Waals surface area contributed by atoms with E-state index in [-0.39, 0.29) is 0 Å². The minimum absolute atomic E-state index is 0.419. The Kier molecular flexibility index (Phi) is 4.25. The molecule has 1 N–H and O–H groups in total. The van der Waals surface area contributed by atoms with Gasteiger partial charge in [-0.2, -0.15) is 0 Å². The van der Waals surface area contributed by atoms with E-state index in [9.17, 15) is 4.91 Å². The summed E-state index contributed by atoms with van der Waals surface area (Å²) in [5.41, 5.74) is 5.74. The summed E-state index contributed by atoms with van der Waals surface area (Å²) in [7, 11) is 0. The molecular formula is C15H14N2O. The van der Waals surface area contributed by atoms with Gasteiger partial charge in [0.25, 0.3) is 0 Å². The molecule has 0 aromatic heterocycles. The molecule has 0 aliphatic carbocycles. The average Bonchev–Trinajstić information content (AvgIpc) is 2.46. The number of nitrogens with zero attached hydrogens (tertiary/aromatic N) is 1. The van der Waals surface area contributed by atoms with Gasteiger partial charge in [-0.15, -0.1) is 4.91 Å². The van der Waals surface area contributed by atoms with Gasteiger partial charge in [0.15, 0.2) is 0 Å². The molecule has 0 heterocycles. The van der Waals surface area contributed by atoms with Crippen molar-refractivity contribution in [3.05, 3.63) is 82.8 Å². The van der Waals surface area contributed by atoms with Crippen LogP contribution in [0.5, 0.6) is 0 Å². The van der Waals surface area contributed by atoms with Crippen LogP contribution in [0.3, 0.4) is 0 Å². The van der Waals surface area contributed by atoms with Gasteiger partial charge in [-0.05, 0) is 16.7 Å². The summed E-state index contributed by atoms with van der Waals surface area (Å²) in [6, 6.07) is 20.2. The van der Waals surface area contributed by atoms with Crippen molar-refractivity contribution >= 4 is 5.57 Å². The predicted molar refractivity (Wildman–Crippen MR) is 73.8 cm³/mol. The molecule has 2 rings (SSSR count). The lowest BCUT2D eigenvalue weighted by molar-refractivity contribution is 0.817. The Labute approximate surface area is 106 Å². The fourth-order valence-corrected chi connectivity index (χ4v) is 1.82. The molecule has 90 valence electrons. The molecule has 0 unspecified atom stereocenters. The van der Waals surface area contributed by atoms with Crippen molar-refractivity contribution < 1.29 is 0 Å². The summed E-state index contributed by atoms with van der Waals surface area (Å²) in [6.45, 7) is 0.419. The zero-order valence-electron chi connectivity index (χ0n) is 9.91. The third kappa shape index (κ3) is 3.04. The molecule has 0 aliphatic heterocycles. The highest BCUT2D eigenvalue weighted by molar-refractivity contribution is 5.79. The van der Waals surface area contributed by atoms with Crippen LogP contribution in [0.1, 0.15) is 11.1 Å². The van der Waals surface area contributed by atoms with E-state index in [1.165, 1.54) is 0 Å². The molecule has 3 heteroatoms. The van der Waals surface area contributed by atoms with Gasteiger partial charge in [-0.3, -0.25) is 5.43 Å². The minimum atomic E-state index is 0.419. The Hall–Kier alpha value is -2.42. The molecule has 0 saturated heterocycles. The summed E-state index contributed by atoms with van der Waals surface area (Å²) >= 11 is 0. The van der Waals surface area contributed by atoms with Gasteiger partial charge in [0.1, 0.15) is 0 Å². The largest absolute Gasteiger partial charge is 0.270 e. The van der Waals surface area contributed by atoms with Gasteiger partial charge in [0.05, 0.1) is 6.54 Å². The predicted octanol–water partition coefficient (Wildman–Crippen LogP) is 3.39. The zero-order valence-corrected chi connectivity index (χ0v) is 9.91. The Morgan fingerprint density at radius 1 is 0.944 bits per heavy atom. The molecule has 0 aliphatic rings. The van der Waals surface area contributed by atoms with Crippen LogP contribution in [-0.2, 0) is 0 Å². The Balaban J connectivity index is 2.35. The van der Waals surface area contributed by atoms with Crippen molar-refractivity contribution in [1.29, 1.82) is 0 Å². The lowest BCUT2D eigenvalue weighted by Crippen LogP contribution is -2.03. The van der Waals surface area contributed by atoms with Crippen LogP contribution in [-0.4, -0.2) is 6.54 Å². The first kappa shape index (κ1) is 12.0. The third-order valence-electron chi connectivity index (χ3n) is 2.63. The SMILES string of the molecule is O=NNCC=C(c1ccccc1)c1ccccc1. The summed E-state index contributed by atoms with van der Waals surface area (Å²) < 4.78 is 0. The van der Waals surface area contributed by atoms with Gasteiger partial charge in [-0.1, -0.05) is 66.7 Å². The van der Waals surface area contributed by atoms with Crippen LogP contribution >= 0.6 is 0 Å². The van der Waals surface area contributed by atoms with Crippen LogP contribution in [0.25, 0.3) is 5.57 Å². The first-order chi connectivity index (χ1) is 8.92. The molecule has 0 atom stereocenters.